The predicted octanol–water partition coefficient (Wildman–Crippen LogP) is 8.90. The summed E-state index contributed by atoms with van der Waals surface area (Å²) in [5.74, 6) is 0. The number of fused-ring (bicyclic) bond motifs is 3. The van der Waals surface area contributed by atoms with Gasteiger partial charge in [0.1, 0.15) is 0 Å². The average Bonchev–Trinajstić information content (AvgIpc) is 3.07. The fourth-order valence-corrected chi connectivity index (χ4v) is 5.12. The Bertz CT molecular complexity index is 874. The van der Waals surface area contributed by atoms with E-state index < -0.39 is 0 Å². The van der Waals surface area contributed by atoms with E-state index in [1.54, 1.807) is 11.1 Å². The highest BCUT2D eigenvalue weighted by Crippen LogP contribution is 2.54. The molecule has 0 heteroatoms. The van der Waals surface area contributed by atoms with Crippen LogP contribution in [0.1, 0.15) is 74.6 Å². The van der Waals surface area contributed by atoms with Crippen molar-refractivity contribution in [2.24, 2.45) is 0 Å². The van der Waals surface area contributed by atoms with Gasteiger partial charge in [-0.05, 0) is 84.7 Å². The highest BCUT2D eigenvalue weighted by molar-refractivity contribution is 5.81. The third-order valence-electron chi connectivity index (χ3n) is 6.80. The molecule has 0 unspecified atom stereocenters. The second-order valence-corrected chi connectivity index (χ2v) is 8.66. The minimum Gasteiger partial charge on any atom is -0.0991 e. The van der Waals surface area contributed by atoms with E-state index in [2.05, 4.69) is 87.7 Å². The van der Waals surface area contributed by atoms with E-state index >= 15 is 0 Å². The van der Waals surface area contributed by atoms with E-state index in [4.69, 9.17) is 0 Å². The Morgan fingerprint density at radius 3 is 1.55 bits per heavy atom. The van der Waals surface area contributed by atoms with Crippen LogP contribution < -0.4 is 0 Å². The highest BCUT2D eigenvalue weighted by atomic mass is 14.4. The van der Waals surface area contributed by atoms with Crippen LogP contribution in [0.3, 0.4) is 0 Å². The standard InChI is InChI=1S/C31H38/c1-5-9-11-13-15-21-31(22-16-14-12-10-6-2)29-23-25(7-3)17-19-27(29)28-20-18-26(8-4)24-30(28)31/h5-6,9-12,17-20,23-24H,1-2,7-8,13-16,21-22H2,3-4H3/b11-9+,12-10+. The lowest BCUT2D eigenvalue weighted by atomic mass is 9.70. The first-order chi connectivity index (χ1) is 15.2. The number of unbranched alkanes of at least 4 members (excludes halogenated alkanes) is 2. The van der Waals surface area contributed by atoms with E-state index in [1.165, 1.54) is 47.9 Å². The second-order valence-electron chi connectivity index (χ2n) is 8.66. The molecule has 0 N–H and O–H groups in total. The van der Waals surface area contributed by atoms with Crippen LogP contribution in [-0.4, -0.2) is 0 Å². The molecule has 31 heavy (non-hydrogen) atoms. The Labute approximate surface area is 190 Å². The van der Waals surface area contributed by atoms with Gasteiger partial charge in [-0.2, -0.15) is 0 Å². The molecular weight excluding hydrogens is 372 g/mol. The maximum absolute atomic E-state index is 3.81. The lowest BCUT2D eigenvalue weighted by Gasteiger charge is -2.33. The van der Waals surface area contributed by atoms with Crippen molar-refractivity contribution in [3.05, 3.63) is 108 Å². The van der Waals surface area contributed by atoms with E-state index in [0.717, 1.165) is 25.7 Å². The monoisotopic (exact) mass is 410 g/mol. The van der Waals surface area contributed by atoms with Gasteiger partial charge >= 0.3 is 0 Å². The molecule has 0 saturated heterocycles. The molecule has 0 fully saturated rings. The van der Waals surface area contributed by atoms with E-state index in [1.807, 2.05) is 12.2 Å². The number of benzene rings is 2. The number of allylic oxidation sites excluding steroid dienone is 6. The molecule has 0 atom stereocenters. The zero-order valence-electron chi connectivity index (χ0n) is 19.5. The fourth-order valence-electron chi connectivity index (χ4n) is 5.12. The van der Waals surface area contributed by atoms with Crippen LogP contribution in [-0.2, 0) is 18.3 Å². The van der Waals surface area contributed by atoms with Crippen molar-refractivity contribution in [3.8, 4) is 11.1 Å². The van der Waals surface area contributed by atoms with Gasteiger partial charge in [-0.3, -0.25) is 0 Å². The first-order valence-electron chi connectivity index (χ1n) is 12.0. The summed E-state index contributed by atoms with van der Waals surface area (Å²) in [6.45, 7) is 12.2. The molecule has 0 bridgehead atoms. The van der Waals surface area contributed by atoms with E-state index in [-0.39, 0.29) is 5.41 Å². The van der Waals surface area contributed by atoms with Crippen LogP contribution in [0.5, 0.6) is 0 Å². The van der Waals surface area contributed by atoms with E-state index in [0.29, 0.717) is 0 Å². The zero-order chi connectivity index (χ0) is 22.1. The van der Waals surface area contributed by atoms with Crippen molar-refractivity contribution in [2.75, 3.05) is 0 Å². The van der Waals surface area contributed by atoms with Crippen molar-refractivity contribution < 1.29 is 0 Å². The first kappa shape index (κ1) is 23.1. The summed E-state index contributed by atoms with van der Waals surface area (Å²) in [5.41, 5.74) is 9.06. The van der Waals surface area contributed by atoms with Crippen LogP contribution in [0.4, 0.5) is 0 Å². The Balaban J connectivity index is 2.06. The van der Waals surface area contributed by atoms with Gasteiger partial charge in [0.15, 0.2) is 0 Å². The van der Waals surface area contributed by atoms with Gasteiger partial charge < -0.3 is 0 Å². The molecule has 0 heterocycles. The van der Waals surface area contributed by atoms with Gasteiger partial charge in [-0.25, -0.2) is 0 Å². The normalized spacial score (nSPS) is 14.1. The lowest BCUT2D eigenvalue weighted by Crippen LogP contribution is -2.25. The quantitative estimate of drug-likeness (QED) is 0.242. The minimum atomic E-state index is 0.116. The largest absolute Gasteiger partial charge is 0.0991 e. The molecule has 0 nitrogen and oxygen atoms in total. The summed E-state index contributed by atoms with van der Waals surface area (Å²) in [6, 6.07) is 14.4. The summed E-state index contributed by atoms with van der Waals surface area (Å²) in [5, 5.41) is 0. The molecule has 0 aliphatic heterocycles. The zero-order valence-corrected chi connectivity index (χ0v) is 19.5. The van der Waals surface area contributed by atoms with Crippen LogP contribution in [0.15, 0.2) is 86.0 Å². The van der Waals surface area contributed by atoms with Crippen molar-refractivity contribution in [2.45, 2.75) is 70.6 Å². The molecule has 0 amide bonds. The summed E-state index contributed by atoms with van der Waals surface area (Å²) in [7, 11) is 0. The van der Waals surface area contributed by atoms with Gasteiger partial charge in [-0.15, -0.1) is 0 Å². The van der Waals surface area contributed by atoms with Crippen LogP contribution in [0.25, 0.3) is 11.1 Å². The van der Waals surface area contributed by atoms with Crippen molar-refractivity contribution in [1.82, 2.24) is 0 Å². The Hall–Kier alpha value is -2.60. The van der Waals surface area contributed by atoms with Crippen LogP contribution in [0, 0.1) is 0 Å². The second kappa shape index (κ2) is 11.1. The number of aryl methyl sites for hydroxylation is 2. The highest BCUT2D eigenvalue weighted by Gasteiger charge is 2.42. The summed E-state index contributed by atoms with van der Waals surface area (Å²) in [4.78, 5) is 0. The van der Waals surface area contributed by atoms with Gasteiger partial charge in [0, 0.05) is 5.41 Å². The van der Waals surface area contributed by atoms with Crippen molar-refractivity contribution in [1.29, 1.82) is 0 Å². The van der Waals surface area contributed by atoms with Gasteiger partial charge in [0.2, 0.25) is 0 Å². The molecule has 3 rings (SSSR count). The van der Waals surface area contributed by atoms with Gasteiger partial charge in [0.25, 0.3) is 0 Å². The Kier molecular flexibility index (Phi) is 8.29. The van der Waals surface area contributed by atoms with Gasteiger partial charge in [-0.1, -0.05) is 99.9 Å². The molecule has 1 aliphatic rings. The molecular formula is C31H38. The molecule has 0 radical (unpaired) electrons. The minimum absolute atomic E-state index is 0.116. The van der Waals surface area contributed by atoms with Crippen molar-refractivity contribution in [3.63, 3.8) is 0 Å². The fraction of sp³-hybridized carbons (Fsp3) is 0.355. The molecule has 2 aromatic rings. The van der Waals surface area contributed by atoms with Crippen LogP contribution >= 0.6 is 0 Å². The molecule has 2 aromatic carbocycles. The topological polar surface area (TPSA) is 0 Å². The molecule has 0 saturated carbocycles. The summed E-state index contributed by atoms with van der Waals surface area (Å²) in [6.07, 6.45) is 21.6. The number of hydrogen-bond donors (Lipinski definition) is 0. The number of hydrogen-bond acceptors (Lipinski definition) is 0. The summed E-state index contributed by atoms with van der Waals surface area (Å²) < 4.78 is 0. The molecule has 0 spiro atoms. The molecule has 0 aromatic heterocycles. The third-order valence-corrected chi connectivity index (χ3v) is 6.80. The summed E-state index contributed by atoms with van der Waals surface area (Å²) >= 11 is 0. The predicted molar refractivity (Wildman–Crippen MR) is 138 cm³/mol. The SMILES string of the molecule is C=C/C=C/CCCC1(CCC/C=C/C=C)c2cc(CC)ccc2-c2ccc(CC)cc21. The van der Waals surface area contributed by atoms with Gasteiger partial charge in [0.05, 0.1) is 0 Å². The third kappa shape index (κ3) is 5.01. The first-order valence-corrected chi connectivity index (χ1v) is 12.0. The average molecular weight is 411 g/mol. The van der Waals surface area contributed by atoms with Crippen molar-refractivity contribution >= 4 is 0 Å². The number of rotatable bonds is 12. The Morgan fingerprint density at radius 1 is 0.710 bits per heavy atom. The van der Waals surface area contributed by atoms with E-state index in [9.17, 15) is 0 Å². The smallest absolute Gasteiger partial charge is 0.0215 e. The Morgan fingerprint density at radius 2 is 1.16 bits per heavy atom. The molecule has 1 aliphatic carbocycles. The maximum atomic E-state index is 3.81. The molecule has 162 valence electrons. The lowest BCUT2D eigenvalue weighted by molar-refractivity contribution is 0.421. The maximum Gasteiger partial charge on any atom is 0.0215 e. The van der Waals surface area contributed by atoms with Crippen LogP contribution in [0.2, 0.25) is 0 Å².